The lowest BCUT2D eigenvalue weighted by atomic mass is 9.60. The summed E-state index contributed by atoms with van der Waals surface area (Å²) in [4.78, 5) is 26.0. The molecule has 2 unspecified atom stereocenters. The number of likely N-dealkylation sites (tertiary alicyclic amines) is 1. The molecular formula is C19H22FNO3. The molecule has 0 radical (unpaired) electrons. The molecule has 128 valence electrons. The third kappa shape index (κ3) is 2.83. The van der Waals surface area contributed by atoms with E-state index in [1.165, 1.54) is 4.90 Å². The number of ether oxygens (including phenoxy) is 1. The van der Waals surface area contributed by atoms with Gasteiger partial charge in [0.05, 0.1) is 12.0 Å². The van der Waals surface area contributed by atoms with E-state index in [4.69, 9.17) is 4.74 Å². The Labute approximate surface area is 141 Å². The largest absolute Gasteiger partial charge is 0.466 e. The SMILES string of the molecule is CCOC(=O)C1(C2CN(C=Cc3ccccc3)C(=O)C2F)CCC1. The Morgan fingerprint density at radius 2 is 2.08 bits per heavy atom. The summed E-state index contributed by atoms with van der Waals surface area (Å²) in [6, 6.07) is 9.53. The van der Waals surface area contributed by atoms with E-state index >= 15 is 0 Å². The standard InChI is InChI=1S/C19H22FNO3/c1-2-24-18(23)19(10-6-11-19)15-13-21(17(22)16(15)20)12-9-14-7-4-3-5-8-14/h3-5,7-9,12,15-16H,2,6,10-11,13H2,1H3. The smallest absolute Gasteiger partial charge is 0.312 e. The van der Waals surface area contributed by atoms with Crippen molar-refractivity contribution in [1.82, 2.24) is 4.90 Å². The molecule has 1 aromatic carbocycles. The van der Waals surface area contributed by atoms with Crippen LogP contribution in [0.1, 0.15) is 31.7 Å². The van der Waals surface area contributed by atoms with Crippen LogP contribution in [0.15, 0.2) is 36.5 Å². The van der Waals surface area contributed by atoms with Crippen molar-refractivity contribution in [2.24, 2.45) is 11.3 Å². The van der Waals surface area contributed by atoms with Crippen LogP contribution in [0.25, 0.3) is 6.08 Å². The van der Waals surface area contributed by atoms with Crippen molar-refractivity contribution in [3.8, 4) is 0 Å². The fourth-order valence-corrected chi connectivity index (χ4v) is 3.61. The Hall–Kier alpha value is -2.17. The van der Waals surface area contributed by atoms with Crippen LogP contribution in [0.4, 0.5) is 4.39 Å². The van der Waals surface area contributed by atoms with E-state index < -0.39 is 23.4 Å². The number of esters is 1. The molecule has 0 spiro atoms. The molecule has 2 fully saturated rings. The van der Waals surface area contributed by atoms with Crippen LogP contribution >= 0.6 is 0 Å². The van der Waals surface area contributed by atoms with Crippen LogP contribution in [0, 0.1) is 11.3 Å². The van der Waals surface area contributed by atoms with E-state index in [0.29, 0.717) is 12.8 Å². The summed E-state index contributed by atoms with van der Waals surface area (Å²) in [5.74, 6) is -1.55. The highest BCUT2D eigenvalue weighted by Crippen LogP contribution is 2.52. The Morgan fingerprint density at radius 3 is 2.67 bits per heavy atom. The molecule has 1 amide bonds. The fourth-order valence-electron chi connectivity index (χ4n) is 3.61. The summed E-state index contributed by atoms with van der Waals surface area (Å²) in [6.45, 7) is 2.24. The Bertz CT molecular complexity index is 639. The lowest BCUT2D eigenvalue weighted by Crippen LogP contribution is -2.49. The normalized spacial score (nSPS) is 25.8. The zero-order valence-electron chi connectivity index (χ0n) is 13.8. The summed E-state index contributed by atoms with van der Waals surface area (Å²) in [5.41, 5.74) is 0.105. The highest BCUT2D eigenvalue weighted by atomic mass is 19.1. The number of alkyl halides is 1. The van der Waals surface area contributed by atoms with Crippen LogP contribution in [0.5, 0.6) is 0 Å². The van der Waals surface area contributed by atoms with E-state index in [-0.39, 0.29) is 19.1 Å². The summed E-state index contributed by atoms with van der Waals surface area (Å²) >= 11 is 0. The first-order chi connectivity index (χ1) is 11.6. The van der Waals surface area contributed by atoms with Gasteiger partial charge in [0, 0.05) is 18.7 Å². The summed E-state index contributed by atoms with van der Waals surface area (Å²) in [6.07, 6.45) is 3.82. The van der Waals surface area contributed by atoms with Crippen LogP contribution in [-0.4, -0.2) is 36.1 Å². The van der Waals surface area contributed by atoms with Crippen LogP contribution in [0.3, 0.4) is 0 Å². The average Bonchev–Trinajstić information content (AvgIpc) is 2.82. The van der Waals surface area contributed by atoms with Crippen molar-refractivity contribution in [3.63, 3.8) is 0 Å². The maximum atomic E-state index is 14.6. The Balaban J connectivity index is 1.76. The van der Waals surface area contributed by atoms with Gasteiger partial charge in [-0.25, -0.2) is 4.39 Å². The second-order valence-corrected chi connectivity index (χ2v) is 6.46. The van der Waals surface area contributed by atoms with Crippen LogP contribution in [0.2, 0.25) is 0 Å². The molecule has 1 saturated heterocycles. The highest BCUT2D eigenvalue weighted by molar-refractivity contribution is 5.88. The molecule has 24 heavy (non-hydrogen) atoms. The molecule has 1 aromatic rings. The zero-order valence-corrected chi connectivity index (χ0v) is 13.8. The molecule has 3 rings (SSSR count). The van der Waals surface area contributed by atoms with Gasteiger partial charge in [0.2, 0.25) is 0 Å². The molecule has 4 nitrogen and oxygen atoms in total. The van der Waals surface area contributed by atoms with Gasteiger partial charge in [-0.15, -0.1) is 0 Å². The van der Waals surface area contributed by atoms with E-state index in [1.807, 2.05) is 30.3 Å². The zero-order chi connectivity index (χ0) is 17.2. The Kier molecular flexibility index (Phi) is 4.69. The number of carbonyl (C=O) groups is 2. The van der Waals surface area contributed by atoms with Crippen LogP contribution in [-0.2, 0) is 14.3 Å². The van der Waals surface area contributed by atoms with Crippen molar-refractivity contribution in [2.75, 3.05) is 13.2 Å². The second kappa shape index (κ2) is 6.75. The van der Waals surface area contributed by atoms with Gasteiger partial charge in [-0.1, -0.05) is 36.8 Å². The van der Waals surface area contributed by atoms with Crippen molar-refractivity contribution in [1.29, 1.82) is 0 Å². The van der Waals surface area contributed by atoms with Crippen molar-refractivity contribution in [3.05, 3.63) is 42.1 Å². The predicted molar refractivity (Wildman–Crippen MR) is 88.5 cm³/mol. The molecule has 1 aliphatic carbocycles. The number of rotatable bonds is 5. The van der Waals surface area contributed by atoms with Gasteiger partial charge >= 0.3 is 5.97 Å². The first-order valence-corrected chi connectivity index (χ1v) is 8.43. The minimum atomic E-state index is -1.64. The van der Waals surface area contributed by atoms with Crippen LogP contribution < -0.4 is 0 Å². The first kappa shape index (κ1) is 16.7. The molecule has 0 bridgehead atoms. The summed E-state index contributed by atoms with van der Waals surface area (Å²) in [5, 5.41) is 0. The highest BCUT2D eigenvalue weighted by Gasteiger charge is 2.59. The van der Waals surface area contributed by atoms with Gasteiger partial charge in [0.25, 0.3) is 5.91 Å². The summed E-state index contributed by atoms with van der Waals surface area (Å²) in [7, 11) is 0. The van der Waals surface area contributed by atoms with Crippen molar-refractivity contribution < 1.29 is 18.7 Å². The van der Waals surface area contributed by atoms with Gasteiger partial charge in [0.15, 0.2) is 6.17 Å². The predicted octanol–water partition coefficient (Wildman–Crippen LogP) is 3.19. The number of carbonyl (C=O) groups excluding carboxylic acids is 2. The lowest BCUT2D eigenvalue weighted by Gasteiger charge is -2.43. The number of nitrogens with zero attached hydrogens (tertiary/aromatic N) is 1. The van der Waals surface area contributed by atoms with E-state index in [0.717, 1.165) is 12.0 Å². The van der Waals surface area contributed by atoms with Gasteiger partial charge < -0.3 is 9.64 Å². The fraction of sp³-hybridized carbons (Fsp3) is 0.474. The molecule has 2 atom stereocenters. The molecule has 5 heteroatoms. The van der Waals surface area contributed by atoms with Crippen molar-refractivity contribution >= 4 is 18.0 Å². The molecule has 1 saturated carbocycles. The van der Waals surface area contributed by atoms with Gasteiger partial charge in [0.1, 0.15) is 0 Å². The lowest BCUT2D eigenvalue weighted by molar-refractivity contribution is -0.168. The maximum Gasteiger partial charge on any atom is 0.312 e. The van der Waals surface area contributed by atoms with Gasteiger partial charge in [-0.2, -0.15) is 0 Å². The number of hydrogen-bond donors (Lipinski definition) is 0. The first-order valence-electron chi connectivity index (χ1n) is 8.43. The number of hydrogen-bond acceptors (Lipinski definition) is 3. The van der Waals surface area contributed by atoms with E-state index in [2.05, 4.69) is 0 Å². The second-order valence-electron chi connectivity index (χ2n) is 6.46. The number of halogens is 1. The Morgan fingerprint density at radius 1 is 1.38 bits per heavy atom. The number of amides is 1. The summed E-state index contributed by atoms with van der Waals surface area (Å²) < 4.78 is 19.8. The molecule has 0 aromatic heterocycles. The topological polar surface area (TPSA) is 46.6 Å². The minimum absolute atomic E-state index is 0.224. The number of benzene rings is 1. The van der Waals surface area contributed by atoms with E-state index in [9.17, 15) is 14.0 Å². The molecule has 2 aliphatic rings. The molecule has 1 heterocycles. The third-order valence-electron chi connectivity index (χ3n) is 5.15. The molecule has 1 aliphatic heterocycles. The maximum absolute atomic E-state index is 14.6. The quantitative estimate of drug-likeness (QED) is 0.779. The monoisotopic (exact) mass is 331 g/mol. The minimum Gasteiger partial charge on any atom is -0.466 e. The average molecular weight is 331 g/mol. The third-order valence-corrected chi connectivity index (χ3v) is 5.15. The van der Waals surface area contributed by atoms with Gasteiger partial charge in [-0.3, -0.25) is 9.59 Å². The molecule has 0 N–H and O–H groups in total. The van der Waals surface area contributed by atoms with Gasteiger partial charge in [-0.05, 0) is 31.4 Å². The molecular weight excluding hydrogens is 309 g/mol. The van der Waals surface area contributed by atoms with Crippen molar-refractivity contribution in [2.45, 2.75) is 32.4 Å². The van der Waals surface area contributed by atoms with E-state index in [1.54, 1.807) is 19.2 Å².